The molecule has 7 heteroatoms. The van der Waals surface area contributed by atoms with Crippen LogP contribution in [0.3, 0.4) is 0 Å². The molecule has 296 valence electrons. The Bertz CT molecular complexity index is 746. The van der Waals surface area contributed by atoms with Gasteiger partial charge in [-0.05, 0) is 71.4 Å². The van der Waals surface area contributed by atoms with Gasteiger partial charge in [-0.2, -0.15) is 0 Å². The van der Waals surface area contributed by atoms with Gasteiger partial charge in [0.15, 0.2) is 6.29 Å². The first kappa shape index (κ1) is 46.8. The lowest BCUT2D eigenvalue weighted by atomic mass is 10.0. The Morgan fingerprint density at radius 3 is 1.56 bits per heavy atom. The van der Waals surface area contributed by atoms with Gasteiger partial charge in [0.2, 0.25) is 0 Å². The molecule has 0 bridgehead atoms. The lowest BCUT2D eigenvalue weighted by Crippen LogP contribution is -2.36. The molecule has 7 nitrogen and oxygen atoms in total. The largest absolute Gasteiger partial charge is 0.466 e. The number of esters is 2. The maximum absolute atomic E-state index is 13.0. The molecule has 0 aromatic rings. The van der Waals surface area contributed by atoms with E-state index in [-0.39, 0.29) is 30.4 Å². The van der Waals surface area contributed by atoms with Crippen molar-refractivity contribution in [3.8, 4) is 0 Å². The fourth-order valence-corrected chi connectivity index (χ4v) is 6.94. The number of hydrogen-bond donors (Lipinski definition) is 0. The van der Waals surface area contributed by atoms with E-state index in [2.05, 4.69) is 25.7 Å². The quantitative estimate of drug-likeness (QED) is 0.0361. The van der Waals surface area contributed by atoms with Gasteiger partial charge in [0.1, 0.15) is 12.1 Å². The second-order valence-corrected chi connectivity index (χ2v) is 15.1. The summed E-state index contributed by atoms with van der Waals surface area (Å²) >= 11 is 0. The molecule has 0 radical (unpaired) electrons. The second-order valence-electron chi connectivity index (χ2n) is 15.1. The van der Waals surface area contributed by atoms with Gasteiger partial charge >= 0.3 is 11.9 Å². The molecule has 1 aliphatic heterocycles. The Labute approximate surface area is 310 Å². The molecule has 2 atom stereocenters. The molecule has 0 N–H and O–H groups in total. The highest BCUT2D eigenvalue weighted by atomic mass is 16.7. The number of hydrogen-bond acceptors (Lipinski definition) is 7. The van der Waals surface area contributed by atoms with Crippen LogP contribution < -0.4 is 0 Å². The zero-order valence-electron chi connectivity index (χ0n) is 33.7. The average molecular weight is 710 g/mol. The summed E-state index contributed by atoms with van der Waals surface area (Å²) in [5, 5.41) is 0. The standard InChI is InChI=1S/C43H83NO6/c1-5-8-11-14-17-18-19-20-21-24-30-39(50-43(46)40-31-29-35-44(40)4)34-38-47-41(45)32-25-26-33-42(48-36-27-22-15-12-9-6-2)49-37-28-23-16-13-10-7-3/h39-40,42H,5-38H2,1-4H3. The first-order valence-corrected chi connectivity index (χ1v) is 21.8. The lowest BCUT2D eigenvalue weighted by molar-refractivity contribution is -0.156. The molecule has 1 heterocycles. The summed E-state index contributed by atoms with van der Waals surface area (Å²) in [6.07, 6.45) is 33.6. The molecule has 0 aromatic heterocycles. The van der Waals surface area contributed by atoms with Crippen molar-refractivity contribution in [1.82, 2.24) is 4.90 Å². The van der Waals surface area contributed by atoms with Gasteiger partial charge in [0.05, 0.1) is 6.61 Å². The van der Waals surface area contributed by atoms with Gasteiger partial charge in [0, 0.05) is 26.1 Å². The van der Waals surface area contributed by atoms with Crippen molar-refractivity contribution in [2.75, 3.05) is 33.4 Å². The van der Waals surface area contributed by atoms with Crippen LogP contribution in [-0.4, -0.2) is 68.7 Å². The summed E-state index contributed by atoms with van der Waals surface area (Å²) in [6, 6.07) is -0.138. The Hall–Kier alpha value is -1.18. The van der Waals surface area contributed by atoms with Crippen LogP contribution in [-0.2, 0) is 28.5 Å². The molecular formula is C43H83NO6. The van der Waals surface area contributed by atoms with Crippen LogP contribution in [0.5, 0.6) is 0 Å². The number of carbonyl (C=O) groups is 2. The van der Waals surface area contributed by atoms with E-state index in [4.69, 9.17) is 18.9 Å². The van der Waals surface area contributed by atoms with Gasteiger partial charge in [-0.15, -0.1) is 0 Å². The minimum atomic E-state index is -0.188. The topological polar surface area (TPSA) is 74.3 Å². The van der Waals surface area contributed by atoms with Crippen molar-refractivity contribution < 1.29 is 28.5 Å². The van der Waals surface area contributed by atoms with Gasteiger partial charge in [-0.25, -0.2) is 0 Å². The van der Waals surface area contributed by atoms with Crippen LogP contribution in [0.1, 0.15) is 213 Å². The molecule has 1 saturated heterocycles. The monoisotopic (exact) mass is 710 g/mol. The predicted octanol–water partition coefficient (Wildman–Crippen LogP) is 11.9. The SMILES string of the molecule is CCCCCCCCCCCCC(CCOC(=O)CCCCC(OCCCCCCCC)OCCCCCCCC)OC(=O)C1CCCN1C. The summed E-state index contributed by atoms with van der Waals surface area (Å²) in [6.45, 7) is 9.51. The molecule has 0 aromatic carbocycles. The molecule has 0 spiro atoms. The summed E-state index contributed by atoms with van der Waals surface area (Å²) < 4.78 is 24.0. The Kier molecular flexibility index (Phi) is 32.7. The van der Waals surface area contributed by atoms with Crippen LogP contribution in [0, 0.1) is 0 Å². The van der Waals surface area contributed by atoms with Crippen molar-refractivity contribution >= 4 is 11.9 Å². The lowest BCUT2D eigenvalue weighted by Gasteiger charge is -2.23. The number of carbonyl (C=O) groups excluding carboxylic acids is 2. The second kappa shape index (κ2) is 34.9. The minimum absolute atomic E-state index is 0.111. The van der Waals surface area contributed by atoms with E-state index < -0.39 is 0 Å². The highest BCUT2D eigenvalue weighted by Crippen LogP contribution is 2.20. The highest BCUT2D eigenvalue weighted by Gasteiger charge is 2.30. The normalized spacial score (nSPS) is 15.6. The minimum Gasteiger partial charge on any atom is -0.466 e. The molecule has 1 rings (SSSR count). The maximum Gasteiger partial charge on any atom is 0.323 e. The van der Waals surface area contributed by atoms with Crippen LogP contribution >= 0.6 is 0 Å². The third-order valence-electron chi connectivity index (χ3n) is 10.3. The third kappa shape index (κ3) is 27.5. The Morgan fingerprint density at radius 1 is 0.580 bits per heavy atom. The molecule has 50 heavy (non-hydrogen) atoms. The Balaban J connectivity index is 2.37. The molecular weight excluding hydrogens is 626 g/mol. The average Bonchev–Trinajstić information content (AvgIpc) is 3.55. The number of rotatable bonds is 37. The smallest absolute Gasteiger partial charge is 0.323 e. The van der Waals surface area contributed by atoms with Gasteiger partial charge < -0.3 is 18.9 Å². The van der Waals surface area contributed by atoms with Crippen molar-refractivity contribution in [2.45, 2.75) is 232 Å². The van der Waals surface area contributed by atoms with Crippen molar-refractivity contribution in [1.29, 1.82) is 0 Å². The zero-order valence-corrected chi connectivity index (χ0v) is 33.7. The number of unbranched alkanes of at least 4 members (excludes halogenated alkanes) is 20. The van der Waals surface area contributed by atoms with E-state index in [9.17, 15) is 9.59 Å². The van der Waals surface area contributed by atoms with E-state index >= 15 is 0 Å². The fraction of sp³-hybridized carbons (Fsp3) is 0.953. The van der Waals surface area contributed by atoms with Gasteiger partial charge in [0.25, 0.3) is 0 Å². The molecule has 1 fully saturated rings. The van der Waals surface area contributed by atoms with Crippen LogP contribution in [0.15, 0.2) is 0 Å². The molecule has 1 aliphatic rings. The zero-order chi connectivity index (χ0) is 36.3. The van der Waals surface area contributed by atoms with E-state index in [0.717, 1.165) is 77.5 Å². The van der Waals surface area contributed by atoms with Crippen LogP contribution in [0.25, 0.3) is 0 Å². The summed E-state index contributed by atoms with van der Waals surface area (Å²) in [5.41, 5.74) is 0. The molecule has 2 unspecified atom stereocenters. The van der Waals surface area contributed by atoms with Crippen LogP contribution in [0.4, 0.5) is 0 Å². The van der Waals surface area contributed by atoms with Crippen molar-refractivity contribution in [2.24, 2.45) is 0 Å². The van der Waals surface area contributed by atoms with E-state index in [1.54, 1.807) is 0 Å². The predicted molar refractivity (Wildman–Crippen MR) is 208 cm³/mol. The number of likely N-dealkylation sites (N-methyl/N-ethyl adjacent to an activating group) is 1. The van der Waals surface area contributed by atoms with Gasteiger partial charge in [-0.3, -0.25) is 14.5 Å². The van der Waals surface area contributed by atoms with Crippen molar-refractivity contribution in [3.63, 3.8) is 0 Å². The number of nitrogens with zero attached hydrogens (tertiary/aromatic N) is 1. The first-order valence-electron chi connectivity index (χ1n) is 21.8. The number of ether oxygens (including phenoxy) is 4. The van der Waals surface area contributed by atoms with Gasteiger partial charge in [-0.1, -0.05) is 143 Å². The Morgan fingerprint density at radius 2 is 1.06 bits per heavy atom. The van der Waals surface area contributed by atoms with Crippen LogP contribution in [0.2, 0.25) is 0 Å². The highest BCUT2D eigenvalue weighted by molar-refractivity contribution is 5.76. The van der Waals surface area contributed by atoms with E-state index in [0.29, 0.717) is 19.4 Å². The summed E-state index contributed by atoms with van der Waals surface area (Å²) in [7, 11) is 2.00. The third-order valence-corrected chi connectivity index (χ3v) is 10.3. The summed E-state index contributed by atoms with van der Waals surface area (Å²) in [5.74, 6) is -0.275. The molecule has 0 saturated carbocycles. The molecule has 0 aliphatic carbocycles. The number of likely N-dealkylation sites (tertiary alicyclic amines) is 1. The van der Waals surface area contributed by atoms with Crippen molar-refractivity contribution in [3.05, 3.63) is 0 Å². The van der Waals surface area contributed by atoms with E-state index in [1.807, 2.05) is 7.05 Å². The maximum atomic E-state index is 13.0. The first-order chi connectivity index (χ1) is 24.5. The summed E-state index contributed by atoms with van der Waals surface area (Å²) in [4.78, 5) is 27.7. The fourth-order valence-electron chi connectivity index (χ4n) is 6.94. The van der Waals surface area contributed by atoms with E-state index in [1.165, 1.54) is 122 Å². The molecule has 0 amide bonds.